The number of nitrogens with one attached hydrogen (secondary N) is 1. The fourth-order valence-electron chi connectivity index (χ4n) is 3.69. The van der Waals surface area contributed by atoms with Crippen LogP contribution < -0.4 is 11.1 Å². The Morgan fingerprint density at radius 2 is 2.00 bits per heavy atom. The van der Waals surface area contributed by atoms with Crippen molar-refractivity contribution in [2.45, 2.75) is 13.3 Å². The van der Waals surface area contributed by atoms with Crippen LogP contribution in [0.3, 0.4) is 0 Å². The minimum absolute atomic E-state index is 0.175. The first kappa shape index (κ1) is 17.9. The summed E-state index contributed by atoms with van der Waals surface area (Å²) in [5, 5.41) is 13.4. The number of benzene rings is 1. The second kappa shape index (κ2) is 6.74. The summed E-state index contributed by atoms with van der Waals surface area (Å²) in [6.07, 6.45) is 7.28. The minimum Gasteiger partial charge on any atom is -0.398 e. The van der Waals surface area contributed by atoms with Crippen LogP contribution in [0.4, 0.5) is 11.5 Å². The number of nitriles is 1. The van der Waals surface area contributed by atoms with Crippen LogP contribution in [-0.2, 0) is 4.79 Å². The van der Waals surface area contributed by atoms with Crippen LogP contribution in [0.1, 0.15) is 12.0 Å². The quantitative estimate of drug-likeness (QED) is 0.509. The van der Waals surface area contributed by atoms with Crippen LogP contribution in [-0.4, -0.2) is 25.8 Å². The second-order valence-corrected chi connectivity index (χ2v) is 7.45. The summed E-state index contributed by atoms with van der Waals surface area (Å²) in [5.41, 5.74) is 11.0. The van der Waals surface area contributed by atoms with E-state index < -0.39 is 0 Å². The third-order valence-electron chi connectivity index (χ3n) is 5.48. The molecule has 4 aromatic rings. The summed E-state index contributed by atoms with van der Waals surface area (Å²) in [6, 6.07) is 7.79. The molecule has 1 aliphatic rings. The molecule has 0 radical (unpaired) electrons. The molecular formula is C22H17N7O. The molecule has 3 aromatic heterocycles. The fourth-order valence-corrected chi connectivity index (χ4v) is 3.69. The van der Waals surface area contributed by atoms with E-state index in [2.05, 4.69) is 31.3 Å². The van der Waals surface area contributed by atoms with Crippen molar-refractivity contribution in [3.8, 4) is 17.2 Å². The molecule has 0 aliphatic heterocycles. The molecule has 5 rings (SSSR count). The number of fused-ring (bicyclic) bond motifs is 2. The van der Waals surface area contributed by atoms with Crippen LogP contribution in [0.15, 0.2) is 43.0 Å². The first-order chi connectivity index (χ1) is 14.5. The highest BCUT2D eigenvalue weighted by atomic mass is 16.2. The predicted molar refractivity (Wildman–Crippen MR) is 113 cm³/mol. The van der Waals surface area contributed by atoms with Gasteiger partial charge in [0.1, 0.15) is 11.3 Å². The van der Waals surface area contributed by atoms with E-state index in [1.807, 2.05) is 19.1 Å². The zero-order valence-corrected chi connectivity index (χ0v) is 16.1. The lowest BCUT2D eigenvalue weighted by Crippen LogP contribution is -2.15. The van der Waals surface area contributed by atoms with E-state index in [0.29, 0.717) is 23.6 Å². The molecule has 0 spiro atoms. The Morgan fingerprint density at radius 1 is 1.17 bits per heavy atom. The number of hydrogen-bond donors (Lipinski definition) is 2. The maximum Gasteiger partial charge on any atom is 0.230 e. The van der Waals surface area contributed by atoms with Gasteiger partial charge in [0, 0.05) is 41.4 Å². The van der Waals surface area contributed by atoms with E-state index in [9.17, 15) is 4.79 Å². The summed E-state index contributed by atoms with van der Waals surface area (Å²) in [5.74, 6) is -0.187. The fraction of sp³-hybridized carbons (Fsp3) is 0.182. The van der Waals surface area contributed by atoms with Crippen molar-refractivity contribution in [1.82, 2.24) is 19.9 Å². The number of pyridine rings is 2. The molecule has 2 atom stereocenters. The molecule has 0 saturated heterocycles. The van der Waals surface area contributed by atoms with E-state index in [1.54, 1.807) is 30.9 Å². The third kappa shape index (κ3) is 2.97. The Bertz CT molecular complexity index is 1380. The highest BCUT2D eigenvalue weighted by Gasteiger charge is 2.43. The number of carbonyl (C=O) groups excluding carboxylic acids is 1. The first-order valence-corrected chi connectivity index (χ1v) is 9.51. The molecule has 0 bridgehead atoms. The Labute approximate surface area is 171 Å². The topological polar surface area (TPSA) is 130 Å². The van der Waals surface area contributed by atoms with Crippen LogP contribution in [0, 0.1) is 30.1 Å². The van der Waals surface area contributed by atoms with Crippen LogP contribution in [0.5, 0.6) is 0 Å². The van der Waals surface area contributed by atoms with Crippen molar-refractivity contribution in [3.63, 3.8) is 0 Å². The molecule has 8 heteroatoms. The SMILES string of the molecule is Cc1c(-c2cc(N)c3cnc(NC(=O)[C@@H]4C[C@H]4C#N)cc3c2)cnc2nccnc12. The monoisotopic (exact) mass is 395 g/mol. The molecular weight excluding hydrogens is 378 g/mol. The molecule has 0 unspecified atom stereocenters. The number of hydrogen-bond acceptors (Lipinski definition) is 7. The molecule has 1 aromatic carbocycles. The molecule has 1 fully saturated rings. The highest BCUT2D eigenvalue weighted by Crippen LogP contribution is 2.38. The van der Waals surface area contributed by atoms with E-state index in [1.165, 1.54) is 0 Å². The molecule has 3 N–H and O–H groups in total. The van der Waals surface area contributed by atoms with Gasteiger partial charge in [0.2, 0.25) is 5.91 Å². The number of anilines is 2. The number of rotatable bonds is 3. The first-order valence-electron chi connectivity index (χ1n) is 9.51. The molecule has 1 saturated carbocycles. The number of aryl methyl sites for hydroxylation is 1. The van der Waals surface area contributed by atoms with Gasteiger partial charge in [-0.05, 0) is 48.1 Å². The number of nitrogens with zero attached hydrogens (tertiary/aromatic N) is 5. The lowest BCUT2D eigenvalue weighted by atomic mass is 9.98. The summed E-state index contributed by atoms with van der Waals surface area (Å²) in [4.78, 5) is 29.6. The van der Waals surface area contributed by atoms with Crippen molar-refractivity contribution in [1.29, 1.82) is 5.26 Å². The van der Waals surface area contributed by atoms with Gasteiger partial charge in [0.25, 0.3) is 0 Å². The van der Waals surface area contributed by atoms with Crippen molar-refractivity contribution in [2.75, 3.05) is 11.1 Å². The minimum atomic E-state index is -0.253. The number of carbonyl (C=O) groups is 1. The highest BCUT2D eigenvalue weighted by molar-refractivity contribution is 6.00. The average molecular weight is 395 g/mol. The van der Waals surface area contributed by atoms with E-state index in [4.69, 9.17) is 11.0 Å². The van der Waals surface area contributed by atoms with Gasteiger partial charge < -0.3 is 11.1 Å². The summed E-state index contributed by atoms with van der Waals surface area (Å²) in [6.45, 7) is 1.98. The van der Waals surface area contributed by atoms with E-state index in [-0.39, 0.29) is 17.7 Å². The normalized spacial score (nSPS) is 17.6. The average Bonchev–Trinajstić information content (AvgIpc) is 3.54. The van der Waals surface area contributed by atoms with Gasteiger partial charge in [0.05, 0.1) is 17.9 Å². The smallest absolute Gasteiger partial charge is 0.230 e. The standard InChI is InChI=1S/C22H17N7O/c1-11-16(9-28-21-20(11)25-2-3-26-21)12-4-13-7-19(27-10-17(13)18(24)6-12)29-22(30)15-5-14(15)8-23/h2-4,6-7,9-10,14-15H,5,24H2,1H3,(H,27,29,30)/t14-,15+/m0/s1. The summed E-state index contributed by atoms with van der Waals surface area (Å²) >= 11 is 0. The second-order valence-electron chi connectivity index (χ2n) is 7.45. The summed E-state index contributed by atoms with van der Waals surface area (Å²) < 4.78 is 0. The third-order valence-corrected chi connectivity index (χ3v) is 5.48. The van der Waals surface area contributed by atoms with Gasteiger partial charge in [-0.2, -0.15) is 5.26 Å². The molecule has 30 heavy (non-hydrogen) atoms. The lowest BCUT2D eigenvalue weighted by Gasteiger charge is -2.12. The number of nitrogens with two attached hydrogens (primary N) is 1. The molecule has 8 nitrogen and oxygen atoms in total. The zero-order chi connectivity index (χ0) is 20.8. The number of nitrogen functional groups attached to an aromatic ring is 1. The number of aromatic nitrogens is 4. The van der Waals surface area contributed by atoms with Crippen molar-refractivity contribution < 1.29 is 4.79 Å². The van der Waals surface area contributed by atoms with E-state index in [0.717, 1.165) is 33.0 Å². The number of amides is 1. The summed E-state index contributed by atoms with van der Waals surface area (Å²) in [7, 11) is 0. The molecule has 3 heterocycles. The molecule has 1 aliphatic carbocycles. The molecule has 146 valence electrons. The predicted octanol–water partition coefficient (Wildman–Crippen LogP) is 3.23. The Morgan fingerprint density at radius 3 is 2.80 bits per heavy atom. The Kier molecular flexibility index (Phi) is 4.03. The van der Waals surface area contributed by atoms with Gasteiger partial charge in [-0.3, -0.25) is 9.78 Å². The van der Waals surface area contributed by atoms with Crippen LogP contribution >= 0.6 is 0 Å². The van der Waals surface area contributed by atoms with E-state index >= 15 is 0 Å². The lowest BCUT2D eigenvalue weighted by molar-refractivity contribution is -0.117. The van der Waals surface area contributed by atoms with Crippen LogP contribution in [0.2, 0.25) is 0 Å². The van der Waals surface area contributed by atoms with Crippen molar-refractivity contribution in [2.24, 2.45) is 11.8 Å². The largest absolute Gasteiger partial charge is 0.398 e. The maximum atomic E-state index is 12.3. The van der Waals surface area contributed by atoms with Gasteiger partial charge in [-0.1, -0.05) is 0 Å². The van der Waals surface area contributed by atoms with Gasteiger partial charge in [-0.15, -0.1) is 0 Å². The van der Waals surface area contributed by atoms with Crippen molar-refractivity contribution >= 4 is 39.3 Å². The maximum absolute atomic E-state index is 12.3. The van der Waals surface area contributed by atoms with Crippen LogP contribution in [0.25, 0.3) is 33.1 Å². The van der Waals surface area contributed by atoms with Gasteiger partial charge >= 0.3 is 0 Å². The Balaban J connectivity index is 1.55. The zero-order valence-electron chi connectivity index (χ0n) is 16.1. The van der Waals surface area contributed by atoms with Crippen molar-refractivity contribution in [3.05, 3.63) is 48.5 Å². The molecule has 1 amide bonds. The Hall–Kier alpha value is -4.12. The van der Waals surface area contributed by atoms with Gasteiger partial charge in [0.15, 0.2) is 5.65 Å². The van der Waals surface area contributed by atoms with Gasteiger partial charge in [-0.25, -0.2) is 15.0 Å².